The number of carbonyl (C=O) groups is 1. The number of carbonyl (C=O) groups excluding carboxylic acids is 1. The molecule has 0 saturated carbocycles. The third-order valence-corrected chi connectivity index (χ3v) is 2.76. The summed E-state index contributed by atoms with van der Waals surface area (Å²) in [7, 11) is 0. The van der Waals surface area contributed by atoms with Crippen LogP contribution in [-0.4, -0.2) is 22.1 Å². The highest BCUT2D eigenvalue weighted by molar-refractivity contribution is 7.15. The van der Waals surface area contributed by atoms with Gasteiger partial charge in [0.1, 0.15) is 5.01 Å². The first-order valence-electron chi connectivity index (χ1n) is 4.56. The van der Waals surface area contributed by atoms with Crippen LogP contribution in [0.4, 0.5) is 5.13 Å². The highest BCUT2D eigenvalue weighted by Gasteiger charge is 2.13. The van der Waals surface area contributed by atoms with E-state index in [1.807, 2.05) is 13.8 Å². The van der Waals surface area contributed by atoms with Gasteiger partial charge in [0.05, 0.1) is 6.04 Å². The normalized spacial score (nSPS) is 12.5. The monoisotopic (exact) mass is 214 g/mol. The standard InChI is InChI=1S/C8H14N4OS/c1-3-5(9)7(13)10-8-12-11-6(4-2)14-8/h5H,3-4,9H2,1-2H3,(H,10,12,13). The van der Waals surface area contributed by atoms with Crippen molar-refractivity contribution in [3.05, 3.63) is 5.01 Å². The van der Waals surface area contributed by atoms with Crippen LogP contribution < -0.4 is 11.1 Å². The summed E-state index contributed by atoms with van der Waals surface area (Å²) < 4.78 is 0. The van der Waals surface area contributed by atoms with Gasteiger partial charge in [0.2, 0.25) is 11.0 Å². The number of hydrogen-bond donors (Lipinski definition) is 2. The van der Waals surface area contributed by atoms with E-state index in [0.29, 0.717) is 11.6 Å². The Hall–Kier alpha value is -1.01. The summed E-state index contributed by atoms with van der Waals surface area (Å²) in [6.45, 7) is 3.85. The van der Waals surface area contributed by atoms with Crippen molar-refractivity contribution in [1.82, 2.24) is 10.2 Å². The minimum Gasteiger partial charge on any atom is -0.320 e. The summed E-state index contributed by atoms with van der Waals surface area (Å²) in [5.41, 5.74) is 5.55. The number of aryl methyl sites for hydroxylation is 1. The van der Waals surface area contributed by atoms with Gasteiger partial charge in [0.15, 0.2) is 0 Å². The quantitative estimate of drug-likeness (QED) is 0.776. The van der Waals surface area contributed by atoms with Crippen molar-refractivity contribution in [2.45, 2.75) is 32.7 Å². The number of nitrogens with two attached hydrogens (primary N) is 1. The zero-order valence-corrected chi connectivity index (χ0v) is 9.10. The van der Waals surface area contributed by atoms with E-state index < -0.39 is 6.04 Å². The van der Waals surface area contributed by atoms with Crippen LogP contribution in [0.1, 0.15) is 25.3 Å². The number of amides is 1. The first kappa shape index (κ1) is 11.1. The largest absolute Gasteiger partial charge is 0.320 e. The van der Waals surface area contributed by atoms with Gasteiger partial charge in [-0.3, -0.25) is 10.1 Å². The van der Waals surface area contributed by atoms with E-state index in [9.17, 15) is 4.79 Å². The van der Waals surface area contributed by atoms with Gasteiger partial charge in [0, 0.05) is 0 Å². The number of rotatable bonds is 4. The van der Waals surface area contributed by atoms with Crippen LogP contribution >= 0.6 is 11.3 Å². The minimum absolute atomic E-state index is 0.202. The molecule has 1 rings (SSSR count). The number of nitrogens with one attached hydrogen (secondary N) is 1. The molecule has 1 atom stereocenters. The Kier molecular flexibility index (Phi) is 3.97. The first-order valence-corrected chi connectivity index (χ1v) is 5.37. The Morgan fingerprint density at radius 1 is 1.57 bits per heavy atom. The maximum atomic E-state index is 11.3. The molecular weight excluding hydrogens is 200 g/mol. The van der Waals surface area contributed by atoms with Gasteiger partial charge >= 0.3 is 0 Å². The van der Waals surface area contributed by atoms with Gasteiger partial charge in [-0.2, -0.15) is 0 Å². The average Bonchev–Trinajstić information content (AvgIpc) is 2.64. The molecule has 0 aromatic carbocycles. The van der Waals surface area contributed by atoms with E-state index >= 15 is 0 Å². The predicted molar refractivity (Wildman–Crippen MR) is 56.2 cm³/mol. The van der Waals surface area contributed by atoms with E-state index in [4.69, 9.17) is 5.73 Å². The SMILES string of the molecule is CCc1nnc(NC(=O)C(N)CC)s1. The molecule has 5 nitrogen and oxygen atoms in total. The predicted octanol–water partition coefficient (Wildman–Crippen LogP) is 0.776. The lowest BCUT2D eigenvalue weighted by atomic mass is 10.2. The number of hydrogen-bond acceptors (Lipinski definition) is 5. The maximum Gasteiger partial charge on any atom is 0.243 e. The highest BCUT2D eigenvalue weighted by Crippen LogP contribution is 2.15. The molecule has 14 heavy (non-hydrogen) atoms. The first-order chi connectivity index (χ1) is 6.67. The van der Waals surface area contributed by atoms with Crippen molar-refractivity contribution in [2.75, 3.05) is 5.32 Å². The number of nitrogens with zero attached hydrogens (tertiary/aromatic N) is 2. The van der Waals surface area contributed by atoms with Crippen molar-refractivity contribution in [1.29, 1.82) is 0 Å². The minimum atomic E-state index is -0.469. The molecule has 0 saturated heterocycles. The molecular formula is C8H14N4OS. The van der Waals surface area contributed by atoms with E-state index in [-0.39, 0.29) is 5.91 Å². The lowest BCUT2D eigenvalue weighted by Crippen LogP contribution is -2.34. The summed E-state index contributed by atoms with van der Waals surface area (Å²) >= 11 is 1.38. The number of anilines is 1. The molecule has 0 fully saturated rings. The molecule has 0 aliphatic heterocycles. The Balaban J connectivity index is 2.56. The van der Waals surface area contributed by atoms with Crippen LogP contribution in [0.5, 0.6) is 0 Å². The van der Waals surface area contributed by atoms with Crippen molar-refractivity contribution < 1.29 is 4.79 Å². The average molecular weight is 214 g/mol. The smallest absolute Gasteiger partial charge is 0.243 e. The Labute approximate surface area is 86.7 Å². The molecule has 1 amide bonds. The zero-order chi connectivity index (χ0) is 10.6. The second-order valence-electron chi connectivity index (χ2n) is 2.86. The molecule has 0 radical (unpaired) electrons. The molecule has 78 valence electrons. The van der Waals surface area contributed by atoms with Gasteiger partial charge in [-0.15, -0.1) is 10.2 Å². The molecule has 3 N–H and O–H groups in total. The molecule has 0 spiro atoms. The van der Waals surface area contributed by atoms with Crippen molar-refractivity contribution in [3.8, 4) is 0 Å². The lowest BCUT2D eigenvalue weighted by molar-refractivity contribution is -0.117. The molecule has 1 heterocycles. The molecule has 1 unspecified atom stereocenters. The summed E-state index contributed by atoms with van der Waals surface area (Å²) in [5.74, 6) is -0.202. The number of aromatic nitrogens is 2. The van der Waals surface area contributed by atoms with E-state index in [2.05, 4.69) is 15.5 Å². The van der Waals surface area contributed by atoms with Crippen molar-refractivity contribution in [2.24, 2.45) is 5.73 Å². The molecule has 0 aliphatic rings. The van der Waals surface area contributed by atoms with Crippen LogP contribution in [0.15, 0.2) is 0 Å². The van der Waals surface area contributed by atoms with E-state index in [1.54, 1.807) is 0 Å². The van der Waals surface area contributed by atoms with Crippen LogP contribution in [0.3, 0.4) is 0 Å². The molecule has 6 heteroatoms. The molecule has 1 aromatic rings. The van der Waals surface area contributed by atoms with Crippen molar-refractivity contribution >= 4 is 22.4 Å². The maximum absolute atomic E-state index is 11.3. The highest BCUT2D eigenvalue weighted by atomic mass is 32.1. The molecule has 0 aliphatic carbocycles. The van der Waals surface area contributed by atoms with Crippen molar-refractivity contribution in [3.63, 3.8) is 0 Å². The third-order valence-electron chi connectivity index (χ3n) is 1.78. The zero-order valence-electron chi connectivity index (χ0n) is 8.28. The Morgan fingerprint density at radius 2 is 2.29 bits per heavy atom. The summed E-state index contributed by atoms with van der Waals surface area (Å²) in [6.07, 6.45) is 1.44. The summed E-state index contributed by atoms with van der Waals surface area (Å²) in [6, 6.07) is -0.469. The second kappa shape index (κ2) is 5.02. The second-order valence-corrected chi connectivity index (χ2v) is 3.92. The van der Waals surface area contributed by atoms with Crippen LogP contribution in [0, 0.1) is 0 Å². The summed E-state index contributed by atoms with van der Waals surface area (Å²) in [4.78, 5) is 11.3. The van der Waals surface area contributed by atoms with Gasteiger partial charge in [0.25, 0.3) is 0 Å². The van der Waals surface area contributed by atoms with Crippen LogP contribution in [-0.2, 0) is 11.2 Å². The van der Waals surface area contributed by atoms with Crippen LogP contribution in [0.25, 0.3) is 0 Å². The van der Waals surface area contributed by atoms with Crippen LogP contribution in [0.2, 0.25) is 0 Å². The van der Waals surface area contributed by atoms with E-state index in [1.165, 1.54) is 11.3 Å². The fraction of sp³-hybridized carbons (Fsp3) is 0.625. The topological polar surface area (TPSA) is 80.9 Å². The van der Waals surface area contributed by atoms with Gasteiger partial charge < -0.3 is 5.73 Å². The molecule has 0 bridgehead atoms. The lowest BCUT2D eigenvalue weighted by Gasteiger charge is -2.06. The Bertz CT molecular complexity index is 312. The molecule has 1 aromatic heterocycles. The Morgan fingerprint density at radius 3 is 2.79 bits per heavy atom. The van der Waals surface area contributed by atoms with E-state index in [0.717, 1.165) is 11.4 Å². The fourth-order valence-electron chi connectivity index (χ4n) is 0.830. The van der Waals surface area contributed by atoms with Gasteiger partial charge in [-0.1, -0.05) is 25.2 Å². The van der Waals surface area contributed by atoms with Gasteiger partial charge in [-0.05, 0) is 12.8 Å². The van der Waals surface area contributed by atoms with Gasteiger partial charge in [-0.25, -0.2) is 0 Å². The summed E-state index contributed by atoms with van der Waals surface area (Å²) in [5, 5.41) is 11.8. The fourth-order valence-corrected chi connectivity index (χ4v) is 1.51. The third kappa shape index (κ3) is 2.74.